The minimum atomic E-state index is -0.529. The van der Waals surface area contributed by atoms with Gasteiger partial charge in [0.2, 0.25) is 0 Å². The van der Waals surface area contributed by atoms with Gasteiger partial charge in [-0.15, -0.1) is 0 Å². The molecule has 0 aliphatic carbocycles. The molecular formula is C13H19NO3. The maximum absolute atomic E-state index is 11.6. The first-order valence-corrected chi connectivity index (χ1v) is 5.96. The van der Waals surface area contributed by atoms with E-state index in [4.69, 9.17) is 0 Å². The predicted molar refractivity (Wildman–Crippen MR) is 63.2 cm³/mol. The first-order chi connectivity index (χ1) is 7.69. The summed E-state index contributed by atoms with van der Waals surface area (Å²) in [7, 11) is 0. The molecular weight excluding hydrogens is 218 g/mol. The van der Waals surface area contributed by atoms with Crippen LogP contribution in [0.2, 0.25) is 0 Å². The van der Waals surface area contributed by atoms with Gasteiger partial charge in [-0.05, 0) is 46.5 Å². The van der Waals surface area contributed by atoms with Crippen molar-refractivity contribution < 1.29 is 14.3 Å². The van der Waals surface area contributed by atoms with Crippen LogP contribution in [-0.2, 0) is 14.3 Å². The number of ether oxygens (including phenoxy) is 1. The fourth-order valence-corrected chi connectivity index (χ4v) is 3.19. The van der Waals surface area contributed by atoms with E-state index in [0.717, 1.165) is 12.8 Å². The molecule has 0 unspecified atom stereocenters. The van der Waals surface area contributed by atoms with Gasteiger partial charge in [0.05, 0.1) is 0 Å². The van der Waals surface area contributed by atoms with Crippen LogP contribution in [0.5, 0.6) is 0 Å². The number of esters is 2. The molecule has 2 aliphatic heterocycles. The highest BCUT2D eigenvalue weighted by Gasteiger charge is 2.42. The third-order valence-electron chi connectivity index (χ3n) is 3.33. The van der Waals surface area contributed by atoms with Crippen LogP contribution in [0.15, 0.2) is 11.6 Å². The molecule has 0 amide bonds. The molecule has 17 heavy (non-hydrogen) atoms. The number of carbonyl (C=O) groups is 2. The summed E-state index contributed by atoms with van der Waals surface area (Å²) in [6.07, 6.45) is 3.03. The monoisotopic (exact) mass is 237 g/mol. The van der Waals surface area contributed by atoms with Gasteiger partial charge >= 0.3 is 11.9 Å². The molecule has 0 saturated carbocycles. The van der Waals surface area contributed by atoms with E-state index in [1.54, 1.807) is 0 Å². The summed E-state index contributed by atoms with van der Waals surface area (Å²) in [5.41, 5.74) is 0.455. The van der Waals surface area contributed by atoms with Crippen molar-refractivity contribution in [1.29, 1.82) is 0 Å². The van der Waals surface area contributed by atoms with Crippen molar-refractivity contribution in [3.63, 3.8) is 0 Å². The second-order valence-electron chi connectivity index (χ2n) is 6.31. The molecule has 4 nitrogen and oxygen atoms in total. The summed E-state index contributed by atoms with van der Waals surface area (Å²) >= 11 is 0. The molecule has 4 heteroatoms. The van der Waals surface area contributed by atoms with E-state index in [1.165, 1.54) is 6.08 Å². The van der Waals surface area contributed by atoms with Crippen LogP contribution >= 0.6 is 0 Å². The second-order valence-corrected chi connectivity index (χ2v) is 6.31. The Morgan fingerprint density at radius 1 is 1.18 bits per heavy atom. The Bertz CT molecular complexity index is 391. The normalized spacial score (nSPS) is 27.9. The van der Waals surface area contributed by atoms with Crippen molar-refractivity contribution in [3.8, 4) is 0 Å². The molecule has 0 aromatic rings. The van der Waals surface area contributed by atoms with E-state index >= 15 is 0 Å². The average molecular weight is 237 g/mol. The number of hydrogen-bond acceptors (Lipinski definition) is 4. The predicted octanol–water partition coefficient (Wildman–Crippen LogP) is 1.55. The van der Waals surface area contributed by atoms with Gasteiger partial charge in [0.25, 0.3) is 0 Å². The second kappa shape index (κ2) is 3.67. The molecule has 0 aromatic carbocycles. The summed E-state index contributed by atoms with van der Waals surface area (Å²) in [6, 6.07) is 0. The lowest BCUT2D eigenvalue weighted by Crippen LogP contribution is -2.58. The van der Waals surface area contributed by atoms with Crippen LogP contribution < -0.4 is 5.32 Å². The van der Waals surface area contributed by atoms with Crippen molar-refractivity contribution >= 4 is 11.9 Å². The van der Waals surface area contributed by atoms with E-state index in [0.29, 0.717) is 5.57 Å². The number of piperidine rings is 1. The molecule has 1 N–H and O–H groups in total. The van der Waals surface area contributed by atoms with Crippen LogP contribution in [0.4, 0.5) is 0 Å². The highest BCUT2D eigenvalue weighted by atomic mass is 16.6. The quantitative estimate of drug-likeness (QED) is 0.555. The van der Waals surface area contributed by atoms with Crippen molar-refractivity contribution in [2.24, 2.45) is 5.92 Å². The van der Waals surface area contributed by atoms with Gasteiger partial charge in [0.15, 0.2) is 0 Å². The summed E-state index contributed by atoms with van der Waals surface area (Å²) < 4.78 is 4.57. The summed E-state index contributed by atoms with van der Waals surface area (Å²) in [5.74, 6) is -0.896. The van der Waals surface area contributed by atoms with Crippen molar-refractivity contribution in [2.75, 3.05) is 0 Å². The number of nitrogens with one attached hydrogen (secondary N) is 1. The molecule has 94 valence electrons. The fraction of sp³-hybridized carbons (Fsp3) is 0.692. The molecule has 2 heterocycles. The molecule has 0 spiro atoms. The molecule has 0 radical (unpaired) electrons. The third kappa shape index (κ3) is 2.57. The van der Waals surface area contributed by atoms with E-state index in [1.807, 2.05) is 0 Å². The zero-order valence-electron chi connectivity index (χ0n) is 10.8. The van der Waals surface area contributed by atoms with Crippen LogP contribution in [0, 0.1) is 5.92 Å². The van der Waals surface area contributed by atoms with Gasteiger partial charge in [-0.25, -0.2) is 9.59 Å². The summed E-state index contributed by atoms with van der Waals surface area (Å²) in [6.45, 7) is 8.46. The SMILES string of the molecule is CC1(C)CC(C2=CC(=O)OC2=O)CC(C)(C)N1. The molecule has 0 bridgehead atoms. The minimum Gasteiger partial charge on any atom is -0.386 e. The maximum atomic E-state index is 11.6. The van der Waals surface area contributed by atoms with Gasteiger partial charge < -0.3 is 10.1 Å². The van der Waals surface area contributed by atoms with Gasteiger partial charge in [-0.3, -0.25) is 0 Å². The van der Waals surface area contributed by atoms with Gasteiger partial charge in [0, 0.05) is 22.7 Å². The highest BCUT2D eigenvalue weighted by Crippen LogP contribution is 2.38. The van der Waals surface area contributed by atoms with E-state index in [2.05, 4.69) is 37.7 Å². The third-order valence-corrected chi connectivity index (χ3v) is 3.33. The smallest absolute Gasteiger partial charge is 0.342 e. The maximum Gasteiger partial charge on any atom is 0.342 e. The molecule has 0 atom stereocenters. The van der Waals surface area contributed by atoms with Crippen molar-refractivity contribution in [2.45, 2.75) is 51.6 Å². The average Bonchev–Trinajstić information content (AvgIpc) is 2.39. The molecule has 2 rings (SSSR count). The molecule has 1 fully saturated rings. The van der Waals surface area contributed by atoms with Gasteiger partial charge in [0.1, 0.15) is 0 Å². The largest absolute Gasteiger partial charge is 0.386 e. The van der Waals surface area contributed by atoms with Crippen LogP contribution in [0.1, 0.15) is 40.5 Å². The van der Waals surface area contributed by atoms with E-state index in [-0.39, 0.29) is 17.0 Å². The first-order valence-electron chi connectivity index (χ1n) is 5.96. The Labute approximate surface area is 101 Å². The standard InChI is InChI=1S/C13H19NO3/c1-12(2)6-8(7-13(3,4)14-12)9-5-10(15)17-11(9)16/h5,8,14H,6-7H2,1-4H3. The zero-order valence-corrected chi connectivity index (χ0v) is 10.8. The highest BCUT2D eigenvalue weighted by molar-refractivity contribution is 6.09. The number of rotatable bonds is 1. The minimum absolute atomic E-state index is 0.0425. The number of hydrogen-bond donors (Lipinski definition) is 1. The Hall–Kier alpha value is -1.16. The fourth-order valence-electron chi connectivity index (χ4n) is 3.19. The van der Waals surface area contributed by atoms with Crippen LogP contribution in [0.25, 0.3) is 0 Å². The van der Waals surface area contributed by atoms with Crippen molar-refractivity contribution in [3.05, 3.63) is 11.6 Å². The summed E-state index contributed by atoms with van der Waals surface area (Å²) in [4.78, 5) is 22.7. The Balaban J connectivity index is 2.25. The molecule has 2 aliphatic rings. The van der Waals surface area contributed by atoms with Crippen LogP contribution in [0.3, 0.4) is 0 Å². The van der Waals surface area contributed by atoms with E-state index in [9.17, 15) is 9.59 Å². The molecule has 1 saturated heterocycles. The number of carbonyl (C=O) groups excluding carboxylic acids is 2. The Morgan fingerprint density at radius 2 is 1.71 bits per heavy atom. The van der Waals surface area contributed by atoms with Crippen LogP contribution in [-0.4, -0.2) is 23.0 Å². The topological polar surface area (TPSA) is 55.4 Å². The lowest BCUT2D eigenvalue weighted by molar-refractivity contribution is -0.151. The van der Waals surface area contributed by atoms with Gasteiger partial charge in [-0.1, -0.05) is 0 Å². The van der Waals surface area contributed by atoms with Crippen molar-refractivity contribution in [1.82, 2.24) is 5.32 Å². The number of cyclic esters (lactones) is 2. The lowest BCUT2D eigenvalue weighted by atomic mass is 9.73. The Kier molecular flexibility index (Phi) is 2.65. The summed E-state index contributed by atoms with van der Waals surface area (Å²) in [5, 5.41) is 3.55. The molecule has 0 aromatic heterocycles. The van der Waals surface area contributed by atoms with E-state index < -0.39 is 11.9 Å². The first kappa shape index (κ1) is 12.3. The zero-order chi connectivity index (χ0) is 12.8. The lowest BCUT2D eigenvalue weighted by Gasteiger charge is -2.46. The Morgan fingerprint density at radius 3 is 2.12 bits per heavy atom. The van der Waals surface area contributed by atoms with Gasteiger partial charge in [-0.2, -0.15) is 0 Å².